The molecule has 0 spiro atoms. The summed E-state index contributed by atoms with van der Waals surface area (Å²) in [6.45, 7) is 0.0687. The van der Waals surface area contributed by atoms with Crippen LogP contribution in [0.5, 0.6) is 0 Å². The summed E-state index contributed by atoms with van der Waals surface area (Å²) in [5, 5.41) is 14.4. The Balaban J connectivity index is 2.19. The number of ether oxygens (including phenoxy) is 1. The molecule has 0 aliphatic heterocycles. The summed E-state index contributed by atoms with van der Waals surface area (Å²) < 4.78 is 19.3. The van der Waals surface area contributed by atoms with Crippen LogP contribution in [0.1, 0.15) is 10.4 Å². The summed E-state index contributed by atoms with van der Waals surface area (Å²) in [6, 6.07) is 9.69. The maximum absolute atomic E-state index is 14.3. The number of hydrogen-bond donors (Lipinski definition) is 3. The molecule has 0 aliphatic carbocycles. The van der Waals surface area contributed by atoms with Gasteiger partial charge in [0.05, 0.1) is 12.3 Å². The molecule has 0 aromatic heterocycles. The minimum atomic E-state index is -1.44. The van der Waals surface area contributed by atoms with Gasteiger partial charge in [0.15, 0.2) is 11.8 Å². The molecule has 0 radical (unpaired) electrons. The first-order valence-corrected chi connectivity index (χ1v) is 9.59. The molecule has 0 heterocycles. The van der Waals surface area contributed by atoms with E-state index in [-0.39, 0.29) is 5.56 Å². The summed E-state index contributed by atoms with van der Waals surface area (Å²) in [6.07, 6.45) is 0. The number of rotatable bonds is 10. The van der Waals surface area contributed by atoms with Gasteiger partial charge in [-0.3, -0.25) is 14.4 Å². The maximum Gasteiger partial charge on any atom is 0.254 e. The average Bonchev–Trinajstić information content (AvgIpc) is 2.79. The highest BCUT2D eigenvalue weighted by atomic mass is 19.1. The van der Waals surface area contributed by atoms with Gasteiger partial charge in [-0.1, -0.05) is 18.2 Å². The van der Waals surface area contributed by atoms with Crippen LogP contribution in [0.4, 0.5) is 10.1 Å². The van der Waals surface area contributed by atoms with E-state index in [1.807, 2.05) is 0 Å². The number of nitrogens with one attached hydrogen (secondary N) is 2. The van der Waals surface area contributed by atoms with Crippen LogP contribution in [-0.2, 0) is 14.3 Å². The van der Waals surface area contributed by atoms with Gasteiger partial charge in [-0.25, -0.2) is 4.39 Å². The number of ketones is 1. The Labute approximate surface area is 180 Å². The van der Waals surface area contributed by atoms with E-state index < -0.39 is 36.1 Å². The molecule has 166 valence electrons. The molecule has 0 saturated carbocycles. The number of Topliss-reactive ketones (excluding diaryl/α,β-unsaturated/α-hetero) is 1. The molecule has 9 heteroatoms. The Morgan fingerprint density at radius 2 is 1.77 bits per heavy atom. The third kappa shape index (κ3) is 5.87. The fourth-order valence-electron chi connectivity index (χ4n) is 3.01. The van der Waals surface area contributed by atoms with Gasteiger partial charge in [0, 0.05) is 33.3 Å². The molecule has 1 unspecified atom stereocenters. The number of benzene rings is 2. The molecule has 0 aliphatic rings. The lowest BCUT2D eigenvalue weighted by atomic mass is 10.0. The Morgan fingerprint density at radius 3 is 2.32 bits per heavy atom. The molecular formula is C22H26FN3O5. The van der Waals surface area contributed by atoms with Gasteiger partial charge in [0.1, 0.15) is 12.4 Å². The summed E-state index contributed by atoms with van der Waals surface area (Å²) in [7, 11) is 4.22. The summed E-state index contributed by atoms with van der Waals surface area (Å²) in [5.74, 6) is -2.46. The number of anilines is 1. The van der Waals surface area contributed by atoms with Gasteiger partial charge in [-0.15, -0.1) is 0 Å². The fourth-order valence-corrected chi connectivity index (χ4v) is 3.01. The zero-order valence-corrected chi connectivity index (χ0v) is 17.6. The van der Waals surface area contributed by atoms with Crippen molar-refractivity contribution in [1.82, 2.24) is 10.2 Å². The minimum Gasteiger partial charge on any atom is -0.388 e. The van der Waals surface area contributed by atoms with E-state index in [9.17, 15) is 18.8 Å². The van der Waals surface area contributed by atoms with Crippen LogP contribution < -0.4 is 10.6 Å². The lowest BCUT2D eigenvalue weighted by Crippen LogP contribution is -2.52. The zero-order chi connectivity index (χ0) is 23.0. The molecule has 0 saturated heterocycles. The highest BCUT2D eigenvalue weighted by molar-refractivity contribution is 6.10. The van der Waals surface area contributed by atoms with E-state index in [2.05, 4.69) is 10.6 Å². The van der Waals surface area contributed by atoms with Crippen LogP contribution in [0.3, 0.4) is 0 Å². The third-order valence-electron chi connectivity index (χ3n) is 4.72. The van der Waals surface area contributed by atoms with Gasteiger partial charge in [0.25, 0.3) is 5.91 Å². The van der Waals surface area contributed by atoms with Crippen molar-refractivity contribution in [3.05, 3.63) is 53.8 Å². The highest BCUT2D eigenvalue weighted by Gasteiger charge is 2.32. The number of aliphatic hydroxyl groups excluding tert-OH is 1. The monoisotopic (exact) mass is 431 g/mol. The number of methoxy groups -OCH3 is 1. The highest BCUT2D eigenvalue weighted by Crippen LogP contribution is 2.25. The lowest BCUT2D eigenvalue weighted by molar-refractivity contribution is -0.135. The van der Waals surface area contributed by atoms with Crippen molar-refractivity contribution in [1.29, 1.82) is 0 Å². The average molecular weight is 431 g/mol. The van der Waals surface area contributed by atoms with Crippen molar-refractivity contribution in [2.75, 3.05) is 46.3 Å². The Kier molecular flexibility index (Phi) is 8.65. The van der Waals surface area contributed by atoms with E-state index in [1.54, 1.807) is 31.4 Å². The van der Waals surface area contributed by atoms with E-state index >= 15 is 0 Å². The standard InChI is InChI=1S/C22H26FN3O5/c1-24-21(29)20(19(28)13-27)26(2)22(30)15-6-4-14(5-7-15)16-8-9-18(17(23)12-16)25-10-11-31-3/h4-9,12,20,25,27H,10-11,13H2,1-3H3,(H,24,29). The van der Waals surface area contributed by atoms with Gasteiger partial charge in [-0.2, -0.15) is 0 Å². The molecule has 2 amide bonds. The molecule has 31 heavy (non-hydrogen) atoms. The molecule has 2 aromatic rings. The second-order valence-corrected chi connectivity index (χ2v) is 6.75. The molecule has 0 fully saturated rings. The topological polar surface area (TPSA) is 108 Å². The van der Waals surface area contributed by atoms with Crippen LogP contribution in [-0.4, -0.2) is 74.6 Å². The minimum absolute atomic E-state index is 0.240. The molecule has 0 bridgehead atoms. The molecule has 1 atom stereocenters. The smallest absolute Gasteiger partial charge is 0.254 e. The first kappa shape index (κ1) is 24.0. The number of amides is 2. The first-order chi connectivity index (χ1) is 14.8. The van der Waals surface area contributed by atoms with Gasteiger partial charge >= 0.3 is 0 Å². The maximum atomic E-state index is 14.3. The molecular weight excluding hydrogens is 405 g/mol. The van der Waals surface area contributed by atoms with Crippen LogP contribution in [0.15, 0.2) is 42.5 Å². The second-order valence-electron chi connectivity index (χ2n) is 6.75. The largest absolute Gasteiger partial charge is 0.388 e. The fraction of sp³-hybridized carbons (Fsp3) is 0.318. The van der Waals surface area contributed by atoms with Gasteiger partial charge in [-0.05, 0) is 35.4 Å². The van der Waals surface area contributed by atoms with E-state index in [1.165, 1.54) is 32.3 Å². The summed E-state index contributed by atoms with van der Waals surface area (Å²) >= 11 is 0. The number of hydrogen-bond acceptors (Lipinski definition) is 6. The first-order valence-electron chi connectivity index (χ1n) is 9.59. The van der Waals surface area contributed by atoms with Crippen LogP contribution in [0.25, 0.3) is 11.1 Å². The van der Waals surface area contributed by atoms with Crippen molar-refractivity contribution in [2.24, 2.45) is 0 Å². The SMILES string of the molecule is CNC(=O)C(C(=O)CO)N(C)C(=O)c1ccc(-c2ccc(NCCOC)c(F)c2)cc1. The van der Waals surface area contributed by atoms with Crippen molar-refractivity contribution >= 4 is 23.3 Å². The van der Waals surface area contributed by atoms with Crippen molar-refractivity contribution in [3.8, 4) is 11.1 Å². The molecule has 2 aromatic carbocycles. The number of aliphatic hydroxyl groups is 1. The van der Waals surface area contributed by atoms with Gasteiger partial charge < -0.3 is 25.4 Å². The van der Waals surface area contributed by atoms with Crippen molar-refractivity contribution in [2.45, 2.75) is 6.04 Å². The van der Waals surface area contributed by atoms with Crippen molar-refractivity contribution < 1.29 is 28.6 Å². The normalized spacial score (nSPS) is 11.5. The predicted molar refractivity (Wildman–Crippen MR) is 114 cm³/mol. The Morgan fingerprint density at radius 1 is 1.13 bits per heavy atom. The van der Waals surface area contributed by atoms with Gasteiger partial charge in [0.2, 0.25) is 5.91 Å². The van der Waals surface area contributed by atoms with Crippen molar-refractivity contribution in [3.63, 3.8) is 0 Å². The number of halogens is 1. The molecule has 2 rings (SSSR count). The number of carbonyl (C=O) groups excluding carboxylic acids is 3. The second kappa shape index (κ2) is 11.2. The predicted octanol–water partition coefficient (Wildman–Crippen LogP) is 1.30. The quantitative estimate of drug-likeness (QED) is 0.387. The number of likely N-dealkylation sites (N-methyl/N-ethyl adjacent to an activating group) is 2. The van der Waals surface area contributed by atoms with E-state index in [0.29, 0.717) is 30.0 Å². The summed E-state index contributed by atoms with van der Waals surface area (Å²) in [4.78, 5) is 37.6. The van der Waals surface area contributed by atoms with E-state index in [0.717, 1.165) is 4.90 Å². The Hall–Kier alpha value is -3.30. The Bertz CT molecular complexity index is 917. The summed E-state index contributed by atoms with van der Waals surface area (Å²) in [5.41, 5.74) is 1.92. The molecule has 3 N–H and O–H groups in total. The van der Waals surface area contributed by atoms with Crippen LogP contribution >= 0.6 is 0 Å². The number of carbonyl (C=O) groups is 3. The van der Waals surface area contributed by atoms with Crippen LogP contribution in [0, 0.1) is 5.82 Å². The van der Waals surface area contributed by atoms with Crippen LogP contribution in [0.2, 0.25) is 0 Å². The zero-order valence-electron chi connectivity index (χ0n) is 17.6. The third-order valence-corrected chi connectivity index (χ3v) is 4.72. The lowest BCUT2D eigenvalue weighted by Gasteiger charge is -2.25. The van der Waals surface area contributed by atoms with E-state index in [4.69, 9.17) is 9.84 Å². The number of nitrogens with zero attached hydrogens (tertiary/aromatic N) is 1. The molecule has 8 nitrogen and oxygen atoms in total.